The van der Waals surface area contributed by atoms with E-state index >= 15 is 4.39 Å². The number of halogens is 1. The van der Waals surface area contributed by atoms with Crippen LogP contribution < -0.4 is 0 Å². The molecule has 3 fully saturated rings. The number of methoxy groups -OCH3 is 1. The number of aliphatic hydroxyl groups is 1. The molecule has 6 nitrogen and oxygen atoms in total. The summed E-state index contributed by atoms with van der Waals surface area (Å²) in [6, 6.07) is 0. The Hall–Kier alpha value is -1.86. The first kappa shape index (κ1) is 23.3. The van der Waals surface area contributed by atoms with E-state index < -0.39 is 40.1 Å². The number of hydrogen-bond donors (Lipinski definition) is 1. The Morgan fingerprint density at radius 3 is 2.59 bits per heavy atom. The first-order chi connectivity index (χ1) is 14.9. The number of esters is 1. The van der Waals surface area contributed by atoms with Crippen molar-refractivity contribution in [2.24, 2.45) is 28.6 Å². The predicted molar refractivity (Wildman–Crippen MR) is 114 cm³/mol. The molecule has 176 valence electrons. The van der Waals surface area contributed by atoms with Crippen LogP contribution in [0.2, 0.25) is 0 Å². The number of ketones is 2. The van der Waals surface area contributed by atoms with Gasteiger partial charge in [0.2, 0.25) is 5.78 Å². The van der Waals surface area contributed by atoms with E-state index in [9.17, 15) is 19.5 Å². The van der Waals surface area contributed by atoms with Gasteiger partial charge in [0.1, 0.15) is 6.61 Å². The Balaban J connectivity index is 1.85. The Labute approximate surface area is 188 Å². The largest absolute Gasteiger partial charge is 0.450 e. The summed E-state index contributed by atoms with van der Waals surface area (Å²) in [5.41, 5.74) is -4.82. The molecule has 32 heavy (non-hydrogen) atoms. The van der Waals surface area contributed by atoms with E-state index in [1.54, 1.807) is 13.0 Å². The predicted octanol–water partition coefficient (Wildman–Crippen LogP) is 3.12. The SMILES string of the molecule is COCC(=O)[C@@]1(OC(C)=O)[C@H](C)C[C@H]2[C@@H]3CCC4=CC(=O)C=C[C@]4(C)[C@@]3(F)[C@@H](O)C[C@@]21C. The summed E-state index contributed by atoms with van der Waals surface area (Å²) in [4.78, 5) is 37.5. The second kappa shape index (κ2) is 7.32. The lowest BCUT2D eigenvalue weighted by molar-refractivity contribution is -0.227. The highest BCUT2D eigenvalue weighted by Crippen LogP contribution is 2.71. The molecule has 3 saturated carbocycles. The maximum absolute atomic E-state index is 17.2. The van der Waals surface area contributed by atoms with Crippen molar-refractivity contribution in [1.29, 1.82) is 0 Å². The fraction of sp³-hybridized carbons (Fsp3) is 0.720. The van der Waals surface area contributed by atoms with Crippen LogP contribution in [0.4, 0.5) is 4.39 Å². The minimum absolute atomic E-state index is 0.0254. The third-order valence-electron chi connectivity index (χ3n) is 9.18. The first-order valence-electron chi connectivity index (χ1n) is 11.4. The Kier molecular flexibility index (Phi) is 5.33. The third kappa shape index (κ3) is 2.67. The lowest BCUT2D eigenvalue weighted by atomic mass is 9.44. The van der Waals surface area contributed by atoms with E-state index in [1.807, 2.05) is 13.8 Å². The minimum atomic E-state index is -1.99. The maximum atomic E-state index is 17.2. The number of allylic oxidation sites excluding steroid dienone is 4. The van der Waals surface area contributed by atoms with E-state index in [0.29, 0.717) is 24.8 Å². The van der Waals surface area contributed by atoms with E-state index in [4.69, 9.17) is 9.47 Å². The third-order valence-corrected chi connectivity index (χ3v) is 9.18. The Morgan fingerprint density at radius 2 is 1.97 bits per heavy atom. The summed E-state index contributed by atoms with van der Waals surface area (Å²) >= 11 is 0. The number of Topliss-reactive ketones (excluding diaryl/α,β-unsaturated/α-hetero) is 1. The van der Waals surface area contributed by atoms with Gasteiger partial charge >= 0.3 is 5.97 Å². The van der Waals surface area contributed by atoms with Gasteiger partial charge in [0.25, 0.3) is 0 Å². The lowest BCUT2D eigenvalue weighted by Gasteiger charge is -2.62. The zero-order valence-corrected chi connectivity index (χ0v) is 19.4. The van der Waals surface area contributed by atoms with Crippen molar-refractivity contribution in [2.45, 2.75) is 70.8 Å². The van der Waals surface area contributed by atoms with Gasteiger partial charge in [-0.15, -0.1) is 0 Å². The number of hydrogen-bond acceptors (Lipinski definition) is 6. The average Bonchev–Trinajstić information content (AvgIpc) is 2.91. The molecule has 0 radical (unpaired) electrons. The highest BCUT2D eigenvalue weighted by atomic mass is 19.1. The minimum Gasteiger partial charge on any atom is -0.450 e. The molecule has 4 aliphatic rings. The molecule has 1 N–H and O–H groups in total. The summed E-state index contributed by atoms with van der Waals surface area (Å²) in [6.07, 6.45) is 4.58. The van der Waals surface area contributed by atoms with Gasteiger partial charge < -0.3 is 14.6 Å². The van der Waals surface area contributed by atoms with Gasteiger partial charge in [-0.1, -0.05) is 25.5 Å². The van der Waals surface area contributed by atoms with Gasteiger partial charge in [-0.3, -0.25) is 14.4 Å². The van der Waals surface area contributed by atoms with Crippen molar-refractivity contribution < 1.29 is 33.4 Å². The molecule has 0 aromatic heterocycles. The number of aliphatic hydroxyl groups excluding tert-OH is 1. The molecule has 7 heteroatoms. The molecule has 8 atom stereocenters. The van der Waals surface area contributed by atoms with E-state index in [-0.39, 0.29) is 36.4 Å². The second-order valence-corrected chi connectivity index (χ2v) is 10.6. The topological polar surface area (TPSA) is 89.9 Å². The second-order valence-electron chi connectivity index (χ2n) is 10.6. The van der Waals surface area contributed by atoms with Crippen LogP contribution >= 0.6 is 0 Å². The molecule has 0 aliphatic heterocycles. The van der Waals surface area contributed by atoms with Crippen LogP contribution in [0.15, 0.2) is 23.8 Å². The van der Waals surface area contributed by atoms with Gasteiger partial charge in [0.05, 0.1) is 6.10 Å². The Bertz CT molecular complexity index is 925. The normalized spacial score (nSPS) is 47.2. The molecular formula is C25H33FO6. The van der Waals surface area contributed by atoms with E-state index in [1.165, 1.54) is 26.2 Å². The molecule has 0 unspecified atom stereocenters. The number of fused-ring (bicyclic) bond motifs is 5. The fourth-order valence-electron chi connectivity index (χ4n) is 7.86. The first-order valence-corrected chi connectivity index (χ1v) is 11.4. The molecule has 0 aromatic carbocycles. The van der Waals surface area contributed by atoms with Crippen LogP contribution in [-0.4, -0.2) is 53.7 Å². The summed E-state index contributed by atoms with van der Waals surface area (Å²) in [7, 11) is 1.41. The van der Waals surface area contributed by atoms with Gasteiger partial charge in [-0.25, -0.2) is 4.39 Å². The van der Waals surface area contributed by atoms with Crippen molar-refractivity contribution in [2.75, 3.05) is 13.7 Å². The molecule has 0 amide bonds. The highest BCUT2D eigenvalue weighted by Gasteiger charge is 2.77. The van der Waals surface area contributed by atoms with Crippen molar-refractivity contribution in [3.63, 3.8) is 0 Å². The van der Waals surface area contributed by atoms with Gasteiger partial charge in [-0.2, -0.15) is 0 Å². The van der Waals surface area contributed by atoms with Crippen molar-refractivity contribution in [3.8, 4) is 0 Å². The zero-order chi connectivity index (χ0) is 23.7. The summed E-state index contributed by atoms with van der Waals surface area (Å²) in [5.74, 6) is -2.28. The monoisotopic (exact) mass is 448 g/mol. The van der Waals surface area contributed by atoms with Crippen LogP contribution in [0, 0.1) is 28.6 Å². The van der Waals surface area contributed by atoms with Crippen molar-refractivity contribution in [1.82, 2.24) is 0 Å². The van der Waals surface area contributed by atoms with Crippen LogP contribution in [-0.2, 0) is 23.9 Å². The Morgan fingerprint density at radius 1 is 1.28 bits per heavy atom. The molecule has 0 spiro atoms. The van der Waals surface area contributed by atoms with E-state index in [2.05, 4.69) is 0 Å². The maximum Gasteiger partial charge on any atom is 0.303 e. The molecule has 4 aliphatic carbocycles. The molecule has 0 bridgehead atoms. The molecule has 0 heterocycles. The smallest absolute Gasteiger partial charge is 0.303 e. The van der Waals surface area contributed by atoms with Crippen LogP contribution in [0.1, 0.15) is 53.4 Å². The zero-order valence-electron chi connectivity index (χ0n) is 19.4. The van der Waals surface area contributed by atoms with Crippen LogP contribution in [0.5, 0.6) is 0 Å². The average molecular weight is 449 g/mol. The molecule has 0 saturated heterocycles. The number of alkyl halides is 1. The molecule has 4 rings (SSSR count). The number of carbonyl (C=O) groups is 3. The summed E-state index contributed by atoms with van der Waals surface area (Å²) < 4.78 is 28.1. The fourth-order valence-corrected chi connectivity index (χ4v) is 7.86. The number of rotatable bonds is 4. The van der Waals surface area contributed by atoms with E-state index in [0.717, 1.165) is 0 Å². The van der Waals surface area contributed by atoms with Crippen molar-refractivity contribution >= 4 is 17.5 Å². The summed E-state index contributed by atoms with van der Waals surface area (Å²) in [5, 5.41) is 11.4. The van der Waals surface area contributed by atoms with Gasteiger partial charge in [-0.05, 0) is 50.7 Å². The molecule has 0 aromatic rings. The van der Waals surface area contributed by atoms with Crippen molar-refractivity contribution in [3.05, 3.63) is 23.8 Å². The molecular weight excluding hydrogens is 415 g/mol. The lowest BCUT2D eigenvalue weighted by Crippen LogP contribution is -2.70. The van der Waals surface area contributed by atoms with Gasteiger partial charge in [0.15, 0.2) is 17.1 Å². The van der Waals surface area contributed by atoms with Gasteiger partial charge in [0, 0.05) is 36.7 Å². The standard InChI is InChI=1S/C25H33FO6/c1-14-10-19-18-7-6-16-11-17(28)8-9-22(16,3)24(18,26)20(29)12-23(19,4)25(14,32-15(2)27)21(30)13-31-5/h8-9,11,14,18-20,29H,6-7,10,12-13H2,1-5H3/t14-,18+,19+,20+,22+,23+,24+,25+/m1/s1. The summed E-state index contributed by atoms with van der Waals surface area (Å²) in [6.45, 7) is 6.52. The quantitative estimate of drug-likeness (QED) is 0.665. The number of ether oxygens (including phenoxy) is 2. The van der Waals surface area contributed by atoms with Crippen LogP contribution in [0.25, 0.3) is 0 Å². The highest BCUT2D eigenvalue weighted by molar-refractivity contribution is 6.01. The van der Waals surface area contributed by atoms with Crippen LogP contribution in [0.3, 0.4) is 0 Å². The number of carbonyl (C=O) groups excluding carboxylic acids is 3.